The van der Waals surface area contributed by atoms with E-state index >= 15 is 0 Å². The van der Waals surface area contributed by atoms with Gasteiger partial charge in [-0.1, -0.05) is 6.92 Å². The summed E-state index contributed by atoms with van der Waals surface area (Å²) in [6.45, 7) is 3.73. The van der Waals surface area contributed by atoms with E-state index in [2.05, 4.69) is 6.92 Å². The van der Waals surface area contributed by atoms with Gasteiger partial charge in [-0.2, -0.15) is 11.8 Å². The molecule has 0 aliphatic heterocycles. The van der Waals surface area contributed by atoms with E-state index in [0.29, 0.717) is 6.42 Å². The fraction of sp³-hybridized carbons (Fsp3) is 0.583. The molecule has 0 saturated heterocycles. The molecule has 0 aliphatic carbocycles. The number of ketones is 1. The zero-order valence-electron chi connectivity index (χ0n) is 9.41. The number of carbonyl (C=O) groups excluding carboxylic acids is 1. The third-order valence-corrected chi connectivity index (χ3v) is 3.19. The maximum atomic E-state index is 10.7. The Bertz CT molecular complexity index is 304. The average molecular weight is 226 g/mol. The highest BCUT2D eigenvalue weighted by atomic mass is 32.2. The number of rotatable bonds is 7. The van der Waals surface area contributed by atoms with Crippen LogP contribution in [0.3, 0.4) is 0 Å². The van der Waals surface area contributed by atoms with Crippen LogP contribution >= 0.6 is 11.8 Å². The van der Waals surface area contributed by atoms with Crippen LogP contribution in [0.15, 0.2) is 16.5 Å². The van der Waals surface area contributed by atoms with Crippen LogP contribution < -0.4 is 0 Å². The molecule has 1 aromatic rings. The molecule has 0 atom stereocenters. The van der Waals surface area contributed by atoms with Gasteiger partial charge in [-0.05, 0) is 31.2 Å². The molecule has 0 unspecified atom stereocenters. The summed E-state index contributed by atoms with van der Waals surface area (Å²) in [5.41, 5.74) is 0. The highest BCUT2D eigenvalue weighted by Gasteiger charge is 2.00. The van der Waals surface area contributed by atoms with Crippen LogP contribution in [0.25, 0.3) is 0 Å². The summed E-state index contributed by atoms with van der Waals surface area (Å²) in [6, 6.07) is 4.07. The predicted molar refractivity (Wildman–Crippen MR) is 64.2 cm³/mol. The molecule has 2 nitrogen and oxygen atoms in total. The van der Waals surface area contributed by atoms with E-state index in [0.717, 1.165) is 35.9 Å². The van der Waals surface area contributed by atoms with Crippen LogP contribution in [0.4, 0.5) is 0 Å². The molecule has 0 spiro atoms. The van der Waals surface area contributed by atoms with Crippen molar-refractivity contribution in [3.63, 3.8) is 0 Å². The molecule has 1 heterocycles. The number of furan rings is 1. The zero-order valence-corrected chi connectivity index (χ0v) is 10.2. The van der Waals surface area contributed by atoms with Crippen molar-refractivity contribution in [1.29, 1.82) is 0 Å². The minimum Gasteiger partial charge on any atom is -0.465 e. The molecule has 15 heavy (non-hydrogen) atoms. The number of Topliss-reactive ketones (excluding diaryl/α,β-unsaturated/α-hetero) is 1. The summed E-state index contributed by atoms with van der Waals surface area (Å²) >= 11 is 1.83. The summed E-state index contributed by atoms with van der Waals surface area (Å²) in [5.74, 6) is 4.32. The number of hydrogen-bond donors (Lipinski definition) is 0. The van der Waals surface area contributed by atoms with Crippen molar-refractivity contribution in [2.45, 2.75) is 38.9 Å². The minimum atomic E-state index is 0.280. The molecule has 0 aromatic carbocycles. The van der Waals surface area contributed by atoms with Crippen molar-refractivity contribution >= 4 is 17.5 Å². The second-order valence-corrected chi connectivity index (χ2v) is 4.68. The molecule has 0 N–H and O–H groups in total. The molecule has 1 aromatic heterocycles. The first-order chi connectivity index (χ1) is 7.22. The Morgan fingerprint density at radius 2 is 2.13 bits per heavy atom. The highest BCUT2D eigenvalue weighted by Crippen LogP contribution is 2.16. The second kappa shape index (κ2) is 6.72. The molecule has 84 valence electrons. The Balaban J connectivity index is 2.12. The summed E-state index contributed by atoms with van der Waals surface area (Å²) < 4.78 is 5.57. The molecular formula is C12H18O2S. The van der Waals surface area contributed by atoms with Gasteiger partial charge in [-0.25, -0.2) is 0 Å². The first-order valence-electron chi connectivity index (χ1n) is 5.37. The molecular weight excluding hydrogens is 208 g/mol. The highest BCUT2D eigenvalue weighted by molar-refractivity contribution is 7.98. The van der Waals surface area contributed by atoms with Crippen molar-refractivity contribution < 1.29 is 9.21 Å². The van der Waals surface area contributed by atoms with Crippen LogP contribution in [-0.4, -0.2) is 11.5 Å². The van der Waals surface area contributed by atoms with Gasteiger partial charge in [0, 0.05) is 12.8 Å². The summed E-state index contributed by atoms with van der Waals surface area (Å²) in [5, 5.41) is 0. The number of hydrogen-bond acceptors (Lipinski definition) is 3. The molecule has 0 aliphatic rings. The standard InChI is InChI=1S/C12H18O2S/c1-3-11-6-7-12(14-11)9-15-8-4-5-10(2)13/h6-7H,3-5,8-9H2,1-2H3. The maximum absolute atomic E-state index is 10.7. The third kappa shape index (κ3) is 5.07. The first kappa shape index (κ1) is 12.4. The van der Waals surface area contributed by atoms with E-state index in [9.17, 15) is 4.79 Å². The van der Waals surface area contributed by atoms with Gasteiger partial charge in [0.15, 0.2) is 0 Å². The van der Waals surface area contributed by atoms with Crippen molar-refractivity contribution in [2.24, 2.45) is 0 Å². The Hall–Kier alpha value is -0.700. The Morgan fingerprint density at radius 1 is 1.40 bits per heavy atom. The molecule has 0 amide bonds. The van der Waals surface area contributed by atoms with Crippen LogP contribution in [0, 0.1) is 0 Å². The molecule has 3 heteroatoms. The summed E-state index contributed by atoms with van der Waals surface area (Å²) in [4.78, 5) is 10.7. The van der Waals surface area contributed by atoms with Gasteiger partial charge in [0.2, 0.25) is 0 Å². The van der Waals surface area contributed by atoms with Crippen LogP contribution in [-0.2, 0) is 17.0 Å². The summed E-state index contributed by atoms with van der Waals surface area (Å²) in [6.07, 6.45) is 2.63. The van der Waals surface area contributed by atoms with Crippen LogP contribution in [0.5, 0.6) is 0 Å². The van der Waals surface area contributed by atoms with Crippen molar-refractivity contribution in [3.05, 3.63) is 23.7 Å². The Labute approximate surface area is 95.4 Å². The lowest BCUT2D eigenvalue weighted by Crippen LogP contribution is -1.91. The number of aryl methyl sites for hydroxylation is 1. The van der Waals surface area contributed by atoms with Crippen molar-refractivity contribution in [3.8, 4) is 0 Å². The quantitative estimate of drug-likeness (QED) is 0.667. The smallest absolute Gasteiger partial charge is 0.129 e. The van der Waals surface area contributed by atoms with Crippen LogP contribution in [0.1, 0.15) is 38.2 Å². The summed E-state index contributed by atoms with van der Waals surface area (Å²) in [7, 11) is 0. The van der Waals surface area contributed by atoms with Gasteiger partial charge in [-0.3, -0.25) is 0 Å². The van der Waals surface area contributed by atoms with Crippen molar-refractivity contribution in [2.75, 3.05) is 5.75 Å². The van der Waals surface area contributed by atoms with E-state index in [1.54, 1.807) is 6.92 Å². The SMILES string of the molecule is CCc1ccc(CSCCCC(C)=O)o1. The zero-order chi connectivity index (χ0) is 11.1. The second-order valence-electron chi connectivity index (χ2n) is 3.58. The van der Waals surface area contributed by atoms with E-state index < -0.39 is 0 Å². The fourth-order valence-corrected chi connectivity index (χ4v) is 2.13. The van der Waals surface area contributed by atoms with E-state index in [4.69, 9.17) is 4.42 Å². The average Bonchev–Trinajstić information content (AvgIpc) is 2.65. The minimum absolute atomic E-state index is 0.280. The van der Waals surface area contributed by atoms with Gasteiger partial charge in [0.05, 0.1) is 5.75 Å². The van der Waals surface area contributed by atoms with Crippen molar-refractivity contribution in [1.82, 2.24) is 0 Å². The molecule has 0 bridgehead atoms. The third-order valence-electron chi connectivity index (χ3n) is 2.13. The van der Waals surface area contributed by atoms with Crippen LogP contribution in [0.2, 0.25) is 0 Å². The number of carbonyl (C=O) groups is 1. The van der Waals surface area contributed by atoms with Gasteiger partial charge in [0.1, 0.15) is 17.3 Å². The lowest BCUT2D eigenvalue weighted by atomic mass is 10.3. The molecule has 1 rings (SSSR count). The molecule has 0 saturated carbocycles. The normalized spacial score (nSPS) is 10.5. The molecule has 0 radical (unpaired) electrons. The van der Waals surface area contributed by atoms with E-state index in [1.165, 1.54) is 0 Å². The molecule has 0 fully saturated rings. The lowest BCUT2D eigenvalue weighted by Gasteiger charge is -1.98. The fourth-order valence-electron chi connectivity index (χ4n) is 1.29. The number of thioether (sulfide) groups is 1. The van der Waals surface area contributed by atoms with Gasteiger partial charge in [-0.15, -0.1) is 0 Å². The van der Waals surface area contributed by atoms with E-state index in [-0.39, 0.29) is 5.78 Å². The monoisotopic (exact) mass is 226 g/mol. The first-order valence-corrected chi connectivity index (χ1v) is 6.52. The van der Waals surface area contributed by atoms with Gasteiger partial charge < -0.3 is 9.21 Å². The Kier molecular flexibility index (Phi) is 5.54. The predicted octanol–water partition coefficient (Wildman–Crippen LogP) is 3.44. The maximum Gasteiger partial charge on any atom is 0.129 e. The van der Waals surface area contributed by atoms with E-state index in [1.807, 2.05) is 23.9 Å². The lowest BCUT2D eigenvalue weighted by molar-refractivity contribution is -0.117. The Morgan fingerprint density at radius 3 is 2.73 bits per heavy atom. The van der Waals surface area contributed by atoms with Gasteiger partial charge in [0.25, 0.3) is 0 Å². The van der Waals surface area contributed by atoms with Gasteiger partial charge >= 0.3 is 0 Å². The topological polar surface area (TPSA) is 30.2 Å². The largest absolute Gasteiger partial charge is 0.465 e.